The van der Waals surface area contributed by atoms with E-state index in [4.69, 9.17) is 4.74 Å². The van der Waals surface area contributed by atoms with Gasteiger partial charge in [-0.1, -0.05) is 31.4 Å². The van der Waals surface area contributed by atoms with Crippen molar-refractivity contribution in [3.05, 3.63) is 48.2 Å². The van der Waals surface area contributed by atoms with Crippen LogP contribution < -0.4 is 4.74 Å². The number of hydrogen-bond donors (Lipinski definition) is 1. The topological polar surface area (TPSA) is 65.9 Å². The van der Waals surface area contributed by atoms with Gasteiger partial charge < -0.3 is 19.6 Å². The largest absolute Gasteiger partial charge is 0.477 e. The summed E-state index contributed by atoms with van der Waals surface area (Å²) in [6.45, 7) is 2.65. The number of ether oxygens (including phenoxy) is 1. The number of amides is 1. The summed E-state index contributed by atoms with van der Waals surface area (Å²) >= 11 is 0. The van der Waals surface area contributed by atoms with Crippen molar-refractivity contribution in [2.75, 3.05) is 39.4 Å². The molecule has 9 heteroatoms. The maximum absolute atomic E-state index is 13.9. The number of pyridine rings is 1. The second kappa shape index (κ2) is 12.5. The van der Waals surface area contributed by atoms with Crippen molar-refractivity contribution in [1.82, 2.24) is 14.8 Å². The minimum Gasteiger partial charge on any atom is -0.477 e. The zero-order valence-corrected chi connectivity index (χ0v) is 23.0. The number of aliphatic hydroxyl groups is 1. The molecule has 3 heterocycles. The van der Waals surface area contributed by atoms with Crippen LogP contribution in [0.25, 0.3) is 11.1 Å². The summed E-state index contributed by atoms with van der Waals surface area (Å²) in [5.74, 6) is 0.780. The third kappa shape index (κ3) is 6.46. The molecule has 2 saturated heterocycles. The van der Waals surface area contributed by atoms with Crippen molar-refractivity contribution in [3.8, 4) is 17.0 Å². The molecule has 1 N–H and O–H groups in total. The monoisotopic (exact) mass is 559 g/mol. The third-order valence-electron chi connectivity index (χ3n) is 9.16. The predicted molar refractivity (Wildman–Crippen MR) is 147 cm³/mol. The van der Waals surface area contributed by atoms with Crippen LogP contribution in [0.15, 0.2) is 42.6 Å². The number of halogens is 3. The summed E-state index contributed by atoms with van der Waals surface area (Å²) in [5.41, 5.74) is 0.927. The summed E-state index contributed by atoms with van der Waals surface area (Å²) in [4.78, 5) is 21.0. The molecule has 0 spiro atoms. The van der Waals surface area contributed by atoms with Gasteiger partial charge in [0.15, 0.2) is 0 Å². The first-order valence-electron chi connectivity index (χ1n) is 14.7. The summed E-state index contributed by atoms with van der Waals surface area (Å²) in [6.07, 6.45) is 3.78. The fraction of sp³-hybridized carbons (Fsp3) is 0.613. The van der Waals surface area contributed by atoms with Crippen LogP contribution in [0, 0.1) is 11.3 Å². The maximum Gasteiger partial charge on any atom is 0.395 e. The van der Waals surface area contributed by atoms with Crippen LogP contribution in [-0.4, -0.2) is 77.4 Å². The number of hydrogen-bond acceptors (Lipinski definition) is 5. The summed E-state index contributed by atoms with van der Waals surface area (Å²) in [7, 11) is 0. The van der Waals surface area contributed by atoms with Crippen LogP contribution in [0.4, 0.5) is 13.2 Å². The van der Waals surface area contributed by atoms with E-state index in [1.165, 1.54) is 0 Å². The number of nitrogens with zero attached hydrogens (tertiary/aromatic N) is 3. The Morgan fingerprint density at radius 2 is 1.65 bits per heavy atom. The molecule has 1 amide bonds. The second-order valence-corrected chi connectivity index (χ2v) is 11.8. The molecular formula is C31H40F3N3O3. The molecule has 40 heavy (non-hydrogen) atoms. The standard InChI is InChI=1S/C31H40F3N3O3/c32-31(33,34)30(14-2-1-3-15-30)22-36-17-12-23(13-18-36)21-40-28-11-10-26(19-35-28)24-6-8-25(9-7-24)29(39)37-16-4-5-27(37)20-38/h6-11,19,23,27,38H,1-5,12-18,20-22H2/t27-/m1/s1. The highest BCUT2D eigenvalue weighted by Gasteiger charge is 2.55. The average Bonchev–Trinajstić information content (AvgIpc) is 3.46. The molecule has 1 aliphatic carbocycles. The van der Waals surface area contributed by atoms with E-state index in [9.17, 15) is 23.1 Å². The van der Waals surface area contributed by atoms with Crippen molar-refractivity contribution in [3.63, 3.8) is 0 Å². The Morgan fingerprint density at radius 3 is 2.27 bits per heavy atom. The maximum atomic E-state index is 13.9. The number of carbonyl (C=O) groups excluding carboxylic acids is 1. The third-order valence-corrected chi connectivity index (χ3v) is 9.16. The number of piperidine rings is 1. The van der Waals surface area contributed by atoms with E-state index >= 15 is 0 Å². The molecule has 3 fully saturated rings. The fourth-order valence-electron chi connectivity index (χ4n) is 6.60. The lowest BCUT2D eigenvalue weighted by Gasteiger charge is -2.44. The summed E-state index contributed by atoms with van der Waals surface area (Å²) in [5, 5.41) is 9.51. The SMILES string of the molecule is O=C(c1ccc(-c2ccc(OCC3CCN(CC4(C(F)(F)F)CCCCC4)CC3)nc2)cc1)N1CCC[C@@H]1CO. The lowest BCUT2D eigenvalue weighted by atomic mass is 9.72. The number of aliphatic hydroxyl groups excluding tert-OH is 1. The van der Waals surface area contributed by atoms with E-state index in [0.717, 1.165) is 43.2 Å². The number of alkyl halides is 3. The van der Waals surface area contributed by atoms with Gasteiger partial charge in [0.1, 0.15) is 0 Å². The minimum absolute atomic E-state index is 0.00824. The first-order valence-corrected chi connectivity index (χ1v) is 14.7. The Balaban J connectivity index is 1.09. The zero-order valence-electron chi connectivity index (χ0n) is 23.0. The second-order valence-electron chi connectivity index (χ2n) is 11.8. The Bertz CT molecular complexity index is 1110. The van der Waals surface area contributed by atoms with Gasteiger partial charge in [-0.2, -0.15) is 13.2 Å². The molecule has 218 valence electrons. The Hall–Kier alpha value is -2.65. The van der Waals surface area contributed by atoms with Gasteiger partial charge in [-0.15, -0.1) is 0 Å². The van der Waals surface area contributed by atoms with Crippen LogP contribution in [0.5, 0.6) is 5.88 Å². The predicted octanol–water partition coefficient (Wildman–Crippen LogP) is 5.95. The summed E-state index contributed by atoms with van der Waals surface area (Å²) < 4.78 is 47.7. The van der Waals surface area contributed by atoms with Gasteiger partial charge in [0, 0.05) is 36.5 Å². The van der Waals surface area contributed by atoms with Crippen molar-refractivity contribution in [2.24, 2.45) is 11.3 Å². The lowest BCUT2D eigenvalue weighted by molar-refractivity contribution is -0.240. The molecule has 2 aromatic rings. The van der Waals surface area contributed by atoms with Crippen molar-refractivity contribution in [1.29, 1.82) is 0 Å². The van der Waals surface area contributed by atoms with Gasteiger partial charge in [0.2, 0.25) is 5.88 Å². The molecule has 1 aromatic heterocycles. The van der Waals surface area contributed by atoms with Crippen LogP contribution in [0.3, 0.4) is 0 Å². The molecule has 1 aromatic carbocycles. The minimum atomic E-state index is -4.14. The van der Waals surface area contributed by atoms with E-state index in [0.29, 0.717) is 56.4 Å². The number of benzene rings is 1. The van der Waals surface area contributed by atoms with Crippen LogP contribution in [0.1, 0.15) is 68.1 Å². The van der Waals surface area contributed by atoms with Crippen molar-refractivity contribution < 1.29 is 27.8 Å². The number of aromatic nitrogens is 1. The molecule has 1 atom stereocenters. The Kier molecular flexibility index (Phi) is 9.00. The molecule has 6 nitrogen and oxygen atoms in total. The van der Waals surface area contributed by atoms with Gasteiger partial charge in [0.25, 0.3) is 5.91 Å². The highest BCUT2D eigenvalue weighted by Crippen LogP contribution is 2.49. The zero-order chi connectivity index (χ0) is 28.2. The van der Waals surface area contributed by atoms with E-state index < -0.39 is 11.6 Å². The van der Waals surface area contributed by atoms with E-state index in [1.54, 1.807) is 11.1 Å². The first-order chi connectivity index (χ1) is 19.3. The van der Waals surface area contributed by atoms with Gasteiger partial charge in [0.05, 0.1) is 24.7 Å². The molecule has 1 saturated carbocycles. The molecule has 0 unspecified atom stereocenters. The molecule has 0 radical (unpaired) electrons. The van der Waals surface area contributed by atoms with Gasteiger partial charge in [-0.05, 0) is 81.3 Å². The van der Waals surface area contributed by atoms with Crippen LogP contribution in [0.2, 0.25) is 0 Å². The molecule has 5 rings (SSSR count). The van der Waals surface area contributed by atoms with Crippen molar-refractivity contribution in [2.45, 2.75) is 70.0 Å². The molecule has 0 bridgehead atoms. The Labute approximate surface area is 234 Å². The highest BCUT2D eigenvalue weighted by molar-refractivity contribution is 5.95. The molecule has 2 aliphatic heterocycles. The van der Waals surface area contributed by atoms with E-state index in [1.807, 2.05) is 41.3 Å². The molecule has 3 aliphatic rings. The van der Waals surface area contributed by atoms with Gasteiger partial charge in [-0.3, -0.25) is 4.79 Å². The smallest absolute Gasteiger partial charge is 0.395 e. The number of carbonyl (C=O) groups is 1. The lowest BCUT2D eigenvalue weighted by Crippen LogP contribution is -2.50. The first kappa shape index (κ1) is 28.9. The number of likely N-dealkylation sites (tertiary alicyclic amines) is 2. The van der Waals surface area contributed by atoms with Crippen molar-refractivity contribution >= 4 is 5.91 Å². The van der Waals surface area contributed by atoms with Crippen LogP contribution in [-0.2, 0) is 0 Å². The van der Waals surface area contributed by atoms with Gasteiger partial charge in [-0.25, -0.2) is 4.98 Å². The quantitative estimate of drug-likeness (QED) is 0.433. The normalized spacial score (nSPS) is 22.4. The average molecular weight is 560 g/mol. The summed E-state index contributed by atoms with van der Waals surface area (Å²) in [6, 6.07) is 11.1. The molecular weight excluding hydrogens is 519 g/mol. The fourth-order valence-corrected chi connectivity index (χ4v) is 6.60. The van der Waals surface area contributed by atoms with E-state index in [2.05, 4.69) is 4.98 Å². The van der Waals surface area contributed by atoms with E-state index in [-0.39, 0.29) is 37.9 Å². The Morgan fingerprint density at radius 1 is 0.950 bits per heavy atom. The highest BCUT2D eigenvalue weighted by atomic mass is 19.4. The number of rotatable bonds is 8. The van der Waals surface area contributed by atoms with Crippen LogP contribution >= 0.6 is 0 Å². The van der Waals surface area contributed by atoms with Gasteiger partial charge >= 0.3 is 6.18 Å².